The molecule has 6 rings (SSSR count). The predicted molar refractivity (Wildman–Crippen MR) is 164 cm³/mol. The largest absolute Gasteiger partial charge is 0.478 e. The molecule has 0 bridgehead atoms. The molecule has 2 N–H and O–H groups in total. The topological polar surface area (TPSA) is 74.6 Å². The van der Waals surface area contributed by atoms with Crippen LogP contribution in [0.4, 0.5) is 0 Å². The van der Waals surface area contributed by atoms with Gasteiger partial charge in [-0.3, -0.25) is 4.79 Å². The summed E-state index contributed by atoms with van der Waals surface area (Å²) in [6.07, 6.45) is 5.06. The molecule has 2 heterocycles. The third-order valence-corrected chi connectivity index (χ3v) is 9.28. The number of carbonyl (C=O) groups excluding carboxylic acids is 1. The van der Waals surface area contributed by atoms with Crippen LogP contribution in [0.1, 0.15) is 70.1 Å². The van der Waals surface area contributed by atoms with Crippen LogP contribution in [0.3, 0.4) is 0 Å². The number of aromatic carboxylic acids is 1. The van der Waals surface area contributed by atoms with E-state index in [1.54, 1.807) is 12.1 Å². The molecule has 212 valence electrons. The van der Waals surface area contributed by atoms with Crippen LogP contribution in [-0.2, 0) is 6.54 Å². The highest BCUT2D eigenvalue weighted by Crippen LogP contribution is 2.32. The highest BCUT2D eigenvalue weighted by atomic mass is 16.4. The Kier molecular flexibility index (Phi) is 7.43. The van der Waals surface area contributed by atoms with E-state index in [0.717, 1.165) is 34.6 Å². The third kappa shape index (κ3) is 5.53. The van der Waals surface area contributed by atoms with Crippen molar-refractivity contribution in [3.05, 3.63) is 94.7 Å². The number of piperidine rings is 1. The van der Waals surface area contributed by atoms with Gasteiger partial charge in [-0.1, -0.05) is 42.5 Å². The lowest BCUT2D eigenvalue weighted by atomic mass is 9.91. The van der Waals surface area contributed by atoms with E-state index in [0.29, 0.717) is 29.2 Å². The van der Waals surface area contributed by atoms with E-state index >= 15 is 0 Å². The number of hydrogen-bond acceptors (Lipinski definition) is 3. The van der Waals surface area contributed by atoms with Gasteiger partial charge in [0.15, 0.2) is 0 Å². The number of hydrogen-bond donors (Lipinski definition) is 2. The molecule has 1 aliphatic heterocycles. The summed E-state index contributed by atoms with van der Waals surface area (Å²) >= 11 is 0. The summed E-state index contributed by atoms with van der Waals surface area (Å²) in [5, 5.41) is 14.0. The summed E-state index contributed by atoms with van der Waals surface area (Å²) in [7, 11) is 0. The second-order valence-corrected chi connectivity index (χ2v) is 12.0. The van der Waals surface area contributed by atoms with E-state index in [-0.39, 0.29) is 11.9 Å². The lowest BCUT2D eigenvalue weighted by Gasteiger charge is -2.36. The van der Waals surface area contributed by atoms with E-state index < -0.39 is 5.97 Å². The van der Waals surface area contributed by atoms with Crippen molar-refractivity contribution in [3.8, 4) is 11.1 Å². The number of aryl methyl sites for hydroxylation is 1. The molecule has 2 fully saturated rings. The molecular weight excluding hydrogens is 510 g/mol. The van der Waals surface area contributed by atoms with Gasteiger partial charge in [-0.15, -0.1) is 0 Å². The van der Waals surface area contributed by atoms with Crippen molar-refractivity contribution >= 4 is 22.8 Å². The normalized spacial score (nSPS) is 18.4. The van der Waals surface area contributed by atoms with Gasteiger partial charge in [0, 0.05) is 47.3 Å². The number of aromatic nitrogens is 1. The van der Waals surface area contributed by atoms with Gasteiger partial charge >= 0.3 is 5.97 Å². The van der Waals surface area contributed by atoms with E-state index in [2.05, 4.69) is 53.8 Å². The number of nitrogens with one attached hydrogen (secondary N) is 1. The Hall–Kier alpha value is -3.90. The number of carboxylic acids is 1. The lowest BCUT2D eigenvalue weighted by molar-refractivity contribution is 0.0697. The Labute approximate surface area is 242 Å². The minimum atomic E-state index is -0.925. The number of fused-ring (bicyclic) bond motifs is 1. The van der Waals surface area contributed by atoms with E-state index in [1.807, 2.05) is 36.4 Å². The fourth-order valence-electron chi connectivity index (χ4n) is 6.52. The summed E-state index contributed by atoms with van der Waals surface area (Å²) in [5.41, 5.74) is 7.21. The first-order valence-corrected chi connectivity index (χ1v) is 14.9. The number of carbonyl (C=O) groups is 2. The molecule has 41 heavy (non-hydrogen) atoms. The average Bonchev–Trinajstić information content (AvgIpc) is 3.82. The van der Waals surface area contributed by atoms with Crippen LogP contribution in [0.2, 0.25) is 0 Å². The van der Waals surface area contributed by atoms with Crippen molar-refractivity contribution in [1.29, 1.82) is 0 Å². The van der Waals surface area contributed by atoms with Gasteiger partial charge in [-0.25, -0.2) is 4.79 Å². The molecular formula is C35H39N3O3. The first kappa shape index (κ1) is 27.3. The minimum absolute atomic E-state index is 0.00461. The first-order valence-electron chi connectivity index (χ1n) is 14.9. The Balaban J connectivity index is 1.18. The van der Waals surface area contributed by atoms with Gasteiger partial charge in [-0.05, 0) is 105 Å². The molecule has 1 saturated carbocycles. The fraction of sp³-hybridized carbons (Fsp3) is 0.371. The Morgan fingerprint density at radius 1 is 1.00 bits per heavy atom. The Morgan fingerprint density at radius 3 is 2.49 bits per heavy atom. The van der Waals surface area contributed by atoms with Crippen LogP contribution in [0.5, 0.6) is 0 Å². The lowest BCUT2D eigenvalue weighted by Crippen LogP contribution is -2.46. The molecule has 6 nitrogen and oxygen atoms in total. The predicted octanol–water partition coefficient (Wildman–Crippen LogP) is 6.66. The summed E-state index contributed by atoms with van der Waals surface area (Å²) in [6.45, 7) is 9.41. The van der Waals surface area contributed by atoms with Crippen LogP contribution in [0, 0.1) is 19.8 Å². The summed E-state index contributed by atoms with van der Waals surface area (Å²) < 4.78 is 2.30. The van der Waals surface area contributed by atoms with Gasteiger partial charge in [0.25, 0.3) is 5.91 Å². The number of likely N-dealkylation sites (tertiary alicyclic amines) is 1. The van der Waals surface area contributed by atoms with Crippen molar-refractivity contribution in [2.75, 3.05) is 13.1 Å². The monoisotopic (exact) mass is 549 g/mol. The van der Waals surface area contributed by atoms with Crippen LogP contribution in [-0.4, -0.2) is 51.6 Å². The van der Waals surface area contributed by atoms with Crippen LogP contribution in [0.15, 0.2) is 66.7 Å². The SMILES string of the molecule is Cc1c(C)n(Cc2ccc(-c3ccccc3C(=O)O)cc2)c2ccc(C(=O)N[C@@H](C)C3CCCN(C4CC4)C3)cc12. The molecule has 1 amide bonds. The summed E-state index contributed by atoms with van der Waals surface area (Å²) in [5.74, 6) is -0.414. The third-order valence-electron chi connectivity index (χ3n) is 9.28. The highest BCUT2D eigenvalue weighted by molar-refractivity contribution is 5.99. The molecule has 0 radical (unpaired) electrons. The van der Waals surface area contributed by atoms with Gasteiger partial charge < -0.3 is 19.9 Å². The number of amides is 1. The molecule has 2 atom stereocenters. The van der Waals surface area contributed by atoms with E-state index in [1.165, 1.54) is 43.5 Å². The molecule has 6 heteroatoms. The standard InChI is InChI=1S/C35H39N3O3/c1-22-24(3)38(20-25-10-12-26(13-11-25)30-8-4-5-9-31(30)35(40)41)33-17-14-27(19-32(22)33)34(39)36-23(2)28-7-6-18-37(21-28)29-15-16-29/h4-5,8-14,17,19,23,28-29H,6-7,15-16,18,20-21H2,1-3H3,(H,36,39)(H,40,41)/t23-,28?/m0/s1. The zero-order chi connectivity index (χ0) is 28.7. The van der Waals surface area contributed by atoms with Crippen LogP contribution < -0.4 is 5.32 Å². The maximum absolute atomic E-state index is 13.3. The quantitative estimate of drug-likeness (QED) is 0.258. The number of carboxylic acid groups (broad SMARTS) is 1. The Bertz CT molecular complexity index is 1600. The molecule has 1 saturated heterocycles. The smallest absolute Gasteiger partial charge is 0.336 e. The maximum atomic E-state index is 13.3. The van der Waals surface area contributed by atoms with Gasteiger partial charge in [0.2, 0.25) is 0 Å². The second-order valence-electron chi connectivity index (χ2n) is 12.0. The van der Waals surface area contributed by atoms with Gasteiger partial charge in [0.1, 0.15) is 0 Å². The molecule has 3 aromatic carbocycles. The van der Waals surface area contributed by atoms with Crippen molar-refractivity contribution in [1.82, 2.24) is 14.8 Å². The average molecular weight is 550 g/mol. The molecule has 0 spiro atoms. The molecule has 1 unspecified atom stereocenters. The number of rotatable bonds is 8. The highest BCUT2D eigenvalue weighted by Gasteiger charge is 2.34. The van der Waals surface area contributed by atoms with Crippen molar-refractivity contribution in [3.63, 3.8) is 0 Å². The molecule has 1 aromatic heterocycles. The maximum Gasteiger partial charge on any atom is 0.336 e. The zero-order valence-corrected chi connectivity index (χ0v) is 24.2. The summed E-state index contributed by atoms with van der Waals surface area (Å²) in [4.78, 5) is 27.6. The molecule has 4 aromatic rings. The van der Waals surface area contributed by atoms with Crippen molar-refractivity contribution in [2.45, 2.75) is 65.1 Å². The summed E-state index contributed by atoms with van der Waals surface area (Å²) in [6, 6.07) is 22.2. The number of benzene rings is 3. The van der Waals surface area contributed by atoms with E-state index in [9.17, 15) is 14.7 Å². The Morgan fingerprint density at radius 2 is 1.76 bits per heavy atom. The second kappa shape index (κ2) is 11.2. The molecule has 1 aliphatic carbocycles. The van der Waals surface area contributed by atoms with Crippen molar-refractivity contribution < 1.29 is 14.7 Å². The van der Waals surface area contributed by atoms with Gasteiger partial charge in [0.05, 0.1) is 5.56 Å². The van der Waals surface area contributed by atoms with Gasteiger partial charge in [-0.2, -0.15) is 0 Å². The van der Waals surface area contributed by atoms with E-state index in [4.69, 9.17) is 0 Å². The number of nitrogens with zero attached hydrogens (tertiary/aromatic N) is 2. The van der Waals surface area contributed by atoms with Crippen molar-refractivity contribution in [2.24, 2.45) is 5.92 Å². The fourth-order valence-corrected chi connectivity index (χ4v) is 6.52. The zero-order valence-electron chi connectivity index (χ0n) is 24.2. The minimum Gasteiger partial charge on any atom is -0.478 e. The first-order chi connectivity index (χ1) is 19.8. The molecule has 2 aliphatic rings. The van der Waals surface area contributed by atoms with Crippen LogP contribution >= 0.6 is 0 Å². The van der Waals surface area contributed by atoms with Crippen LogP contribution in [0.25, 0.3) is 22.0 Å².